The van der Waals surface area contributed by atoms with Crippen LogP contribution in [0.4, 0.5) is 11.4 Å². The van der Waals surface area contributed by atoms with E-state index in [1.165, 1.54) is 13.2 Å². The van der Waals surface area contributed by atoms with Crippen LogP contribution in [0.2, 0.25) is 0 Å². The maximum absolute atomic E-state index is 11.2. The average Bonchev–Trinajstić information content (AvgIpc) is 2.37. The Balaban J connectivity index is 2.10. The van der Waals surface area contributed by atoms with Gasteiger partial charge in [-0.25, -0.2) is 0 Å². The van der Waals surface area contributed by atoms with Gasteiger partial charge in [-0.3, -0.25) is 14.9 Å². The summed E-state index contributed by atoms with van der Waals surface area (Å²) in [5.74, 6) is -0.428. The second kappa shape index (κ2) is 6.33. The summed E-state index contributed by atoms with van der Waals surface area (Å²) in [5.41, 5.74) is 0.929. The molecule has 1 heterocycles. The van der Waals surface area contributed by atoms with Crippen LogP contribution in [0, 0.1) is 10.1 Å². The maximum atomic E-state index is 11.2. The molecule has 0 saturated carbocycles. The molecule has 0 amide bonds. The molecule has 7 heteroatoms. The van der Waals surface area contributed by atoms with E-state index in [1.54, 1.807) is 12.1 Å². The molecule has 0 aromatic heterocycles. The number of esters is 1. The van der Waals surface area contributed by atoms with Gasteiger partial charge >= 0.3 is 5.97 Å². The third-order valence-electron chi connectivity index (χ3n) is 3.15. The minimum atomic E-state index is -0.468. The molecule has 1 saturated heterocycles. The Bertz CT molecular complexity index is 513. The minimum absolute atomic E-state index is 0.0172. The first-order valence-electron chi connectivity index (χ1n) is 6.29. The summed E-state index contributed by atoms with van der Waals surface area (Å²) in [4.78, 5) is 21.8. The van der Waals surface area contributed by atoms with Gasteiger partial charge in [0.15, 0.2) is 0 Å². The van der Waals surface area contributed by atoms with Crippen LogP contribution in [0.1, 0.15) is 12.0 Å². The highest BCUT2D eigenvalue weighted by Gasteiger charge is 2.20. The van der Waals surface area contributed by atoms with E-state index in [4.69, 9.17) is 4.74 Å². The highest BCUT2D eigenvalue weighted by Crippen LogP contribution is 2.26. The van der Waals surface area contributed by atoms with E-state index >= 15 is 0 Å². The molecule has 1 aliphatic rings. The van der Waals surface area contributed by atoms with Gasteiger partial charge in [0, 0.05) is 19.2 Å². The number of anilines is 1. The number of rotatable bonds is 6. The van der Waals surface area contributed by atoms with E-state index in [-0.39, 0.29) is 18.2 Å². The van der Waals surface area contributed by atoms with Crippen molar-refractivity contribution in [3.05, 3.63) is 33.9 Å². The van der Waals surface area contributed by atoms with Crippen LogP contribution in [0.15, 0.2) is 18.2 Å². The van der Waals surface area contributed by atoms with Crippen molar-refractivity contribution in [2.75, 3.05) is 25.6 Å². The topological polar surface area (TPSA) is 90.7 Å². The van der Waals surface area contributed by atoms with E-state index in [2.05, 4.69) is 10.1 Å². The largest absolute Gasteiger partial charge is 0.469 e. The highest BCUT2D eigenvalue weighted by atomic mass is 16.6. The number of hydrogen-bond acceptors (Lipinski definition) is 6. The molecule has 0 spiro atoms. The summed E-state index contributed by atoms with van der Waals surface area (Å²) >= 11 is 0. The predicted molar refractivity (Wildman–Crippen MR) is 71.7 cm³/mol. The number of benzene rings is 1. The molecule has 0 unspecified atom stereocenters. The number of methoxy groups -OCH3 is 1. The lowest BCUT2D eigenvalue weighted by Crippen LogP contribution is -2.33. The van der Waals surface area contributed by atoms with Crippen LogP contribution in [0.25, 0.3) is 0 Å². The number of nitro groups is 1. The summed E-state index contributed by atoms with van der Waals surface area (Å²) in [6.45, 7) is 1.28. The number of hydrogen-bond donors (Lipinski definition) is 1. The Kier molecular flexibility index (Phi) is 4.52. The molecule has 0 aliphatic carbocycles. The molecular formula is C13H16N2O5. The second-order valence-electron chi connectivity index (χ2n) is 4.52. The summed E-state index contributed by atoms with van der Waals surface area (Å²) in [6, 6.07) is 4.67. The quantitative estimate of drug-likeness (QED) is 0.482. The van der Waals surface area contributed by atoms with Gasteiger partial charge in [0.05, 0.1) is 24.6 Å². The molecule has 1 N–H and O–H groups in total. The first kappa shape index (κ1) is 14.3. The van der Waals surface area contributed by atoms with Crippen LogP contribution in [-0.2, 0) is 20.7 Å². The minimum Gasteiger partial charge on any atom is -0.469 e. The molecule has 20 heavy (non-hydrogen) atoms. The molecule has 1 aliphatic heterocycles. The van der Waals surface area contributed by atoms with Gasteiger partial charge < -0.3 is 14.8 Å². The van der Waals surface area contributed by atoms with E-state index in [1.807, 2.05) is 0 Å². The zero-order chi connectivity index (χ0) is 14.5. The molecule has 1 fully saturated rings. The molecule has 1 atom stereocenters. The predicted octanol–water partition coefficient (Wildman–Crippen LogP) is 1.51. The number of nitrogens with one attached hydrogen (secondary N) is 1. The Morgan fingerprint density at radius 3 is 2.90 bits per heavy atom. The van der Waals surface area contributed by atoms with Gasteiger partial charge in [-0.1, -0.05) is 6.07 Å². The number of nitrogens with zero attached hydrogens (tertiary/aromatic N) is 1. The standard InChI is InChI=1S/C13H16N2O5/c1-19-13(16)7-9-2-3-11(12(6-9)15(17)18)14-8-10-4-5-20-10/h2-3,6,10,14H,4-5,7-8H2,1H3/t10-/m0/s1. The van der Waals surface area contributed by atoms with Crippen molar-refractivity contribution in [3.63, 3.8) is 0 Å². The van der Waals surface area contributed by atoms with Crippen LogP contribution in [0.3, 0.4) is 0 Å². The Labute approximate surface area is 116 Å². The molecule has 0 bridgehead atoms. The molecule has 2 rings (SSSR count). The third kappa shape index (κ3) is 3.45. The fraction of sp³-hybridized carbons (Fsp3) is 0.462. The van der Waals surface area contributed by atoms with E-state index in [9.17, 15) is 14.9 Å². The third-order valence-corrected chi connectivity index (χ3v) is 3.15. The first-order chi connectivity index (χ1) is 9.60. The van der Waals surface area contributed by atoms with Crippen LogP contribution >= 0.6 is 0 Å². The van der Waals surface area contributed by atoms with Gasteiger partial charge in [-0.15, -0.1) is 0 Å². The molecule has 1 aromatic rings. The first-order valence-corrected chi connectivity index (χ1v) is 6.29. The monoisotopic (exact) mass is 280 g/mol. The van der Waals surface area contributed by atoms with Crippen LogP contribution in [-0.4, -0.2) is 37.3 Å². The summed E-state index contributed by atoms with van der Waals surface area (Å²) in [5, 5.41) is 14.1. The van der Waals surface area contributed by atoms with Crippen molar-refractivity contribution in [3.8, 4) is 0 Å². The second-order valence-corrected chi connectivity index (χ2v) is 4.52. The Morgan fingerprint density at radius 2 is 2.35 bits per heavy atom. The van der Waals surface area contributed by atoms with Crippen molar-refractivity contribution in [1.29, 1.82) is 0 Å². The Hall–Kier alpha value is -2.15. The van der Waals surface area contributed by atoms with Crippen molar-refractivity contribution in [2.45, 2.75) is 18.9 Å². The number of carbonyl (C=O) groups is 1. The summed E-state index contributed by atoms with van der Waals surface area (Å²) in [6.07, 6.45) is 1.09. The lowest BCUT2D eigenvalue weighted by atomic mass is 10.1. The molecule has 0 radical (unpaired) electrons. The molecule has 108 valence electrons. The maximum Gasteiger partial charge on any atom is 0.309 e. The smallest absolute Gasteiger partial charge is 0.309 e. The van der Waals surface area contributed by atoms with E-state index in [0.29, 0.717) is 17.8 Å². The van der Waals surface area contributed by atoms with Gasteiger partial charge in [-0.05, 0) is 18.1 Å². The van der Waals surface area contributed by atoms with Crippen LogP contribution < -0.4 is 5.32 Å². The number of ether oxygens (including phenoxy) is 2. The Morgan fingerprint density at radius 1 is 1.60 bits per heavy atom. The van der Waals surface area contributed by atoms with Gasteiger partial charge in [0.1, 0.15) is 5.69 Å². The van der Waals surface area contributed by atoms with Crippen LogP contribution in [0.5, 0.6) is 0 Å². The van der Waals surface area contributed by atoms with Crippen molar-refractivity contribution >= 4 is 17.3 Å². The zero-order valence-corrected chi connectivity index (χ0v) is 11.1. The normalized spacial score (nSPS) is 17.1. The molecular weight excluding hydrogens is 264 g/mol. The summed E-state index contributed by atoms with van der Waals surface area (Å²) < 4.78 is 9.80. The van der Waals surface area contributed by atoms with Crippen molar-refractivity contribution < 1.29 is 19.2 Å². The number of nitro benzene ring substituents is 1. The fourth-order valence-corrected chi connectivity index (χ4v) is 1.90. The average molecular weight is 280 g/mol. The number of carbonyl (C=O) groups excluding carboxylic acids is 1. The van der Waals surface area contributed by atoms with E-state index < -0.39 is 10.9 Å². The lowest BCUT2D eigenvalue weighted by Gasteiger charge is -2.26. The van der Waals surface area contributed by atoms with Crippen molar-refractivity contribution in [2.24, 2.45) is 0 Å². The van der Waals surface area contributed by atoms with Crippen molar-refractivity contribution in [1.82, 2.24) is 0 Å². The zero-order valence-electron chi connectivity index (χ0n) is 11.1. The summed E-state index contributed by atoms with van der Waals surface area (Å²) in [7, 11) is 1.28. The molecule has 7 nitrogen and oxygen atoms in total. The van der Waals surface area contributed by atoms with E-state index in [0.717, 1.165) is 13.0 Å². The SMILES string of the molecule is COC(=O)Cc1ccc(NC[C@@H]2CCO2)c([N+](=O)[O-])c1. The molecule has 1 aromatic carbocycles. The van der Waals surface area contributed by atoms with Gasteiger partial charge in [0.2, 0.25) is 0 Å². The lowest BCUT2D eigenvalue weighted by molar-refractivity contribution is -0.384. The van der Waals surface area contributed by atoms with Gasteiger partial charge in [0.25, 0.3) is 5.69 Å². The van der Waals surface area contributed by atoms with Gasteiger partial charge in [-0.2, -0.15) is 0 Å². The highest BCUT2D eigenvalue weighted by molar-refractivity contribution is 5.74. The fourth-order valence-electron chi connectivity index (χ4n) is 1.90.